The van der Waals surface area contributed by atoms with E-state index in [4.69, 9.17) is 4.74 Å². The number of hydrogen-bond donors (Lipinski definition) is 1. The van der Waals surface area contributed by atoms with E-state index < -0.39 is 30.0 Å². The molecule has 2 aliphatic rings. The monoisotopic (exact) mass is 367 g/mol. The van der Waals surface area contributed by atoms with E-state index in [1.807, 2.05) is 0 Å². The van der Waals surface area contributed by atoms with Crippen LogP contribution in [0.1, 0.15) is 13.3 Å². The molecule has 1 aromatic rings. The van der Waals surface area contributed by atoms with Crippen LogP contribution in [0.15, 0.2) is 18.2 Å². The summed E-state index contributed by atoms with van der Waals surface area (Å²) in [5.41, 5.74) is 0.498. The number of piperidine rings is 1. The van der Waals surface area contributed by atoms with Crippen LogP contribution in [-0.2, 0) is 14.3 Å². The topological polar surface area (TPSA) is 79.0 Å². The van der Waals surface area contributed by atoms with E-state index in [1.165, 1.54) is 28.9 Å². The number of Topliss-reactive ketones (excluding diaryl/α,β-unsaturated/α-hetero) is 1. The lowest BCUT2D eigenvalue weighted by molar-refractivity contribution is -0.124. The molecule has 2 heterocycles. The maximum atomic E-state index is 14.5. The summed E-state index contributed by atoms with van der Waals surface area (Å²) in [7, 11) is 0. The lowest BCUT2D eigenvalue weighted by Crippen LogP contribution is -2.42. The predicted octanol–water partition coefficient (Wildman–Crippen LogP) is 1.40. The second-order valence-electron chi connectivity index (χ2n) is 6.32. The van der Waals surface area contributed by atoms with Crippen molar-refractivity contribution in [1.82, 2.24) is 5.32 Å². The SMILES string of the molecule is CC(=O)NCC1CN(c2ccc(N3CCC(=O)C(F)C3)c(F)c2)C(=O)O1. The molecule has 2 fully saturated rings. The number of hydrogen-bond acceptors (Lipinski definition) is 5. The summed E-state index contributed by atoms with van der Waals surface area (Å²) >= 11 is 0. The molecule has 1 aromatic carbocycles. The number of benzene rings is 1. The molecule has 2 saturated heterocycles. The van der Waals surface area contributed by atoms with Crippen molar-refractivity contribution >= 4 is 29.2 Å². The molecule has 0 saturated carbocycles. The number of halogens is 2. The minimum Gasteiger partial charge on any atom is -0.442 e. The van der Waals surface area contributed by atoms with E-state index >= 15 is 0 Å². The molecule has 0 aromatic heterocycles. The van der Waals surface area contributed by atoms with Gasteiger partial charge in [-0.2, -0.15) is 0 Å². The van der Waals surface area contributed by atoms with Gasteiger partial charge in [0.2, 0.25) is 5.91 Å². The fourth-order valence-electron chi connectivity index (χ4n) is 3.02. The molecular weight excluding hydrogens is 348 g/mol. The third kappa shape index (κ3) is 3.76. The summed E-state index contributed by atoms with van der Waals surface area (Å²) in [4.78, 5) is 36.9. The number of carbonyl (C=O) groups is 3. The van der Waals surface area contributed by atoms with E-state index in [0.29, 0.717) is 5.69 Å². The van der Waals surface area contributed by atoms with Crippen LogP contribution < -0.4 is 15.1 Å². The largest absolute Gasteiger partial charge is 0.442 e. The van der Waals surface area contributed by atoms with Gasteiger partial charge in [0.1, 0.15) is 11.9 Å². The van der Waals surface area contributed by atoms with Gasteiger partial charge in [0.15, 0.2) is 12.0 Å². The number of nitrogens with one attached hydrogen (secondary N) is 1. The highest BCUT2D eigenvalue weighted by molar-refractivity contribution is 5.90. The first-order valence-corrected chi connectivity index (χ1v) is 8.29. The molecule has 26 heavy (non-hydrogen) atoms. The van der Waals surface area contributed by atoms with Crippen LogP contribution in [0.2, 0.25) is 0 Å². The van der Waals surface area contributed by atoms with Crippen LogP contribution in [0.5, 0.6) is 0 Å². The van der Waals surface area contributed by atoms with Gasteiger partial charge in [0, 0.05) is 19.9 Å². The smallest absolute Gasteiger partial charge is 0.414 e. The number of alkyl halides is 1. The van der Waals surface area contributed by atoms with Crippen molar-refractivity contribution < 1.29 is 27.9 Å². The average molecular weight is 367 g/mol. The van der Waals surface area contributed by atoms with Crippen LogP contribution in [0.4, 0.5) is 25.0 Å². The highest BCUT2D eigenvalue weighted by Gasteiger charge is 2.33. The quantitative estimate of drug-likeness (QED) is 0.870. The summed E-state index contributed by atoms with van der Waals surface area (Å²) in [6.07, 6.45) is -2.73. The molecule has 2 atom stereocenters. The van der Waals surface area contributed by atoms with Crippen molar-refractivity contribution in [2.75, 3.05) is 36.0 Å². The Kier molecular flexibility index (Phi) is 5.06. The molecule has 0 radical (unpaired) electrons. The fourth-order valence-corrected chi connectivity index (χ4v) is 3.02. The molecule has 0 spiro atoms. The average Bonchev–Trinajstić information content (AvgIpc) is 2.96. The van der Waals surface area contributed by atoms with Crippen LogP contribution in [-0.4, -0.2) is 56.2 Å². The van der Waals surface area contributed by atoms with E-state index in [9.17, 15) is 23.2 Å². The van der Waals surface area contributed by atoms with Crippen molar-refractivity contribution in [3.63, 3.8) is 0 Å². The van der Waals surface area contributed by atoms with Crippen molar-refractivity contribution in [1.29, 1.82) is 0 Å². The Morgan fingerprint density at radius 2 is 2.12 bits per heavy atom. The number of ketones is 1. The van der Waals surface area contributed by atoms with Crippen LogP contribution in [0, 0.1) is 5.82 Å². The molecule has 2 amide bonds. The van der Waals surface area contributed by atoms with Crippen molar-refractivity contribution in [3.05, 3.63) is 24.0 Å². The zero-order valence-electron chi connectivity index (χ0n) is 14.2. The zero-order valence-corrected chi connectivity index (χ0v) is 14.2. The Morgan fingerprint density at radius 3 is 2.77 bits per heavy atom. The van der Waals surface area contributed by atoms with Gasteiger partial charge < -0.3 is 15.0 Å². The Hall–Kier alpha value is -2.71. The van der Waals surface area contributed by atoms with E-state index in [1.54, 1.807) is 6.07 Å². The molecule has 9 heteroatoms. The number of ether oxygens (including phenoxy) is 1. The Balaban J connectivity index is 1.70. The van der Waals surface area contributed by atoms with Crippen molar-refractivity contribution in [2.24, 2.45) is 0 Å². The number of amides is 2. The second kappa shape index (κ2) is 7.27. The predicted molar refractivity (Wildman–Crippen MR) is 89.4 cm³/mol. The third-order valence-electron chi connectivity index (χ3n) is 4.39. The highest BCUT2D eigenvalue weighted by Crippen LogP contribution is 2.29. The molecule has 2 aliphatic heterocycles. The second-order valence-corrected chi connectivity index (χ2v) is 6.32. The number of cyclic esters (lactones) is 1. The standard InChI is InChI=1S/C17H19F2N3O4/c1-10(23)20-7-12-8-22(17(25)26-12)11-2-3-15(13(18)6-11)21-5-4-16(24)14(19)9-21/h2-3,6,12,14H,4-5,7-9H2,1H3,(H,20,23). The third-order valence-corrected chi connectivity index (χ3v) is 4.39. The molecule has 1 N–H and O–H groups in total. The Bertz CT molecular complexity index is 743. The van der Waals surface area contributed by atoms with E-state index in [-0.39, 0.29) is 44.2 Å². The summed E-state index contributed by atoms with van der Waals surface area (Å²) in [5, 5.41) is 2.56. The first-order valence-electron chi connectivity index (χ1n) is 8.29. The molecule has 140 valence electrons. The molecular formula is C17H19F2N3O4. The molecule has 7 nitrogen and oxygen atoms in total. The minimum absolute atomic E-state index is 0.0334. The van der Waals surface area contributed by atoms with Gasteiger partial charge in [0.05, 0.1) is 31.0 Å². The maximum absolute atomic E-state index is 14.5. The highest BCUT2D eigenvalue weighted by atomic mass is 19.1. The van der Waals surface area contributed by atoms with Gasteiger partial charge >= 0.3 is 6.09 Å². The first-order chi connectivity index (χ1) is 12.3. The van der Waals surface area contributed by atoms with Gasteiger partial charge in [-0.25, -0.2) is 13.6 Å². The van der Waals surface area contributed by atoms with Crippen molar-refractivity contribution in [2.45, 2.75) is 25.6 Å². The van der Waals surface area contributed by atoms with E-state index in [2.05, 4.69) is 5.32 Å². The minimum atomic E-state index is -1.62. The summed E-state index contributed by atoms with van der Waals surface area (Å²) in [6, 6.07) is 4.19. The number of carbonyl (C=O) groups excluding carboxylic acids is 3. The molecule has 2 unspecified atom stereocenters. The van der Waals surface area contributed by atoms with Crippen molar-refractivity contribution in [3.8, 4) is 0 Å². The maximum Gasteiger partial charge on any atom is 0.414 e. The van der Waals surface area contributed by atoms with Gasteiger partial charge in [-0.15, -0.1) is 0 Å². The van der Waals surface area contributed by atoms with Crippen LogP contribution in [0.25, 0.3) is 0 Å². The molecule has 3 rings (SSSR count). The van der Waals surface area contributed by atoms with Gasteiger partial charge in [0.25, 0.3) is 0 Å². The van der Waals surface area contributed by atoms with Gasteiger partial charge in [-0.05, 0) is 18.2 Å². The molecule has 0 aliphatic carbocycles. The van der Waals surface area contributed by atoms with Gasteiger partial charge in [-0.1, -0.05) is 0 Å². The first kappa shape index (κ1) is 18.1. The lowest BCUT2D eigenvalue weighted by atomic mass is 10.1. The normalized spacial score (nSPS) is 23.2. The Labute approximate surface area is 148 Å². The van der Waals surface area contributed by atoms with Gasteiger partial charge in [-0.3, -0.25) is 14.5 Å². The lowest BCUT2D eigenvalue weighted by Gasteiger charge is -2.30. The summed E-state index contributed by atoms with van der Waals surface area (Å²) < 4.78 is 33.2. The number of rotatable bonds is 4. The number of nitrogens with zero attached hydrogens (tertiary/aromatic N) is 2. The number of anilines is 2. The molecule has 0 bridgehead atoms. The Morgan fingerprint density at radius 1 is 1.35 bits per heavy atom. The van der Waals surface area contributed by atoms with E-state index in [0.717, 1.165) is 0 Å². The zero-order chi connectivity index (χ0) is 18.8. The summed E-state index contributed by atoms with van der Waals surface area (Å²) in [5.74, 6) is -1.31. The van der Waals surface area contributed by atoms with Crippen LogP contribution in [0.3, 0.4) is 0 Å². The fraction of sp³-hybridized carbons (Fsp3) is 0.471. The van der Waals surface area contributed by atoms with Crippen LogP contribution >= 0.6 is 0 Å². The summed E-state index contributed by atoms with van der Waals surface area (Å²) in [6.45, 7) is 1.79.